The van der Waals surface area contributed by atoms with Crippen LogP contribution in [-0.4, -0.2) is 22.6 Å². The molecule has 0 unspecified atom stereocenters. The maximum Gasteiger partial charge on any atom is 0.228 e. The second kappa shape index (κ2) is 5.52. The van der Waals surface area contributed by atoms with E-state index in [1.807, 2.05) is 20.8 Å². The van der Waals surface area contributed by atoms with Gasteiger partial charge in [0.15, 0.2) is 5.82 Å². The van der Waals surface area contributed by atoms with Crippen molar-refractivity contribution in [1.82, 2.24) is 15.5 Å². The van der Waals surface area contributed by atoms with Gasteiger partial charge in [-0.1, -0.05) is 38.8 Å². The van der Waals surface area contributed by atoms with E-state index in [4.69, 9.17) is 10.3 Å². The van der Waals surface area contributed by atoms with Crippen LogP contribution in [0.2, 0.25) is 0 Å². The monoisotopic (exact) mass is 280 g/mol. The molecule has 1 fully saturated rings. The molecule has 0 radical (unpaired) electrons. The second-order valence-electron chi connectivity index (χ2n) is 6.63. The zero-order valence-electron chi connectivity index (χ0n) is 12.5. The molecule has 0 aliphatic heterocycles. The smallest absolute Gasteiger partial charge is 0.228 e. The van der Waals surface area contributed by atoms with Crippen LogP contribution in [0.3, 0.4) is 0 Å². The van der Waals surface area contributed by atoms with Crippen LogP contribution in [0.25, 0.3) is 0 Å². The molecule has 1 aromatic heterocycles. The minimum absolute atomic E-state index is 0.0170. The molecule has 0 bridgehead atoms. The van der Waals surface area contributed by atoms with Gasteiger partial charge in [-0.15, -0.1) is 0 Å². The van der Waals surface area contributed by atoms with Gasteiger partial charge in [-0.05, 0) is 12.8 Å². The van der Waals surface area contributed by atoms with Gasteiger partial charge in [0.1, 0.15) is 0 Å². The lowest BCUT2D eigenvalue weighted by Crippen LogP contribution is -2.36. The Morgan fingerprint density at radius 3 is 2.65 bits per heavy atom. The molecule has 1 amide bonds. The number of rotatable bonds is 4. The standard InChI is InChI=1S/C14H24N4O2/c1-13(2,3)12(19)16-9-6-10-17-11(18-20-10)14(15)7-4-5-8-14/h4-9,15H2,1-3H3,(H,16,19). The second-order valence-corrected chi connectivity index (χ2v) is 6.63. The summed E-state index contributed by atoms with van der Waals surface area (Å²) in [5.41, 5.74) is 5.47. The lowest BCUT2D eigenvalue weighted by molar-refractivity contribution is -0.128. The van der Waals surface area contributed by atoms with Crippen LogP contribution in [0.4, 0.5) is 0 Å². The molecule has 2 rings (SSSR count). The predicted octanol–water partition coefficient (Wildman–Crippen LogP) is 1.50. The fraction of sp³-hybridized carbons (Fsp3) is 0.786. The van der Waals surface area contributed by atoms with Gasteiger partial charge in [0.25, 0.3) is 0 Å². The molecular formula is C14H24N4O2. The van der Waals surface area contributed by atoms with E-state index in [9.17, 15) is 4.79 Å². The fourth-order valence-electron chi connectivity index (χ4n) is 2.34. The molecular weight excluding hydrogens is 256 g/mol. The largest absolute Gasteiger partial charge is 0.355 e. The molecule has 0 aromatic carbocycles. The van der Waals surface area contributed by atoms with E-state index in [0.29, 0.717) is 24.7 Å². The summed E-state index contributed by atoms with van der Waals surface area (Å²) in [5.74, 6) is 1.15. The van der Waals surface area contributed by atoms with Crippen LogP contribution < -0.4 is 11.1 Å². The Kier molecular flexibility index (Phi) is 4.13. The lowest BCUT2D eigenvalue weighted by Gasteiger charge is -2.17. The summed E-state index contributed by atoms with van der Waals surface area (Å²) in [7, 11) is 0. The average molecular weight is 280 g/mol. The van der Waals surface area contributed by atoms with E-state index < -0.39 is 5.54 Å². The summed E-state index contributed by atoms with van der Waals surface area (Å²) < 4.78 is 5.22. The van der Waals surface area contributed by atoms with Crippen molar-refractivity contribution in [3.63, 3.8) is 0 Å². The molecule has 6 heteroatoms. The average Bonchev–Trinajstić information content (AvgIpc) is 2.97. The molecule has 20 heavy (non-hydrogen) atoms. The Morgan fingerprint density at radius 1 is 1.40 bits per heavy atom. The minimum Gasteiger partial charge on any atom is -0.355 e. The Hall–Kier alpha value is -1.43. The van der Waals surface area contributed by atoms with Gasteiger partial charge in [-0.3, -0.25) is 4.79 Å². The summed E-state index contributed by atoms with van der Waals surface area (Å²) in [6.45, 7) is 6.14. The Labute approximate surface area is 119 Å². The van der Waals surface area contributed by atoms with Crippen LogP contribution in [-0.2, 0) is 16.8 Å². The molecule has 1 aromatic rings. The first-order chi connectivity index (χ1) is 9.31. The quantitative estimate of drug-likeness (QED) is 0.871. The van der Waals surface area contributed by atoms with Crippen LogP contribution in [0.5, 0.6) is 0 Å². The Bertz CT molecular complexity index is 470. The van der Waals surface area contributed by atoms with E-state index in [-0.39, 0.29) is 11.3 Å². The van der Waals surface area contributed by atoms with Crippen molar-refractivity contribution in [2.75, 3.05) is 6.54 Å². The first-order valence-electron chi connectivity index (χ1n) is 7.21. The number of carbonyl (C=O) groups is 1. The Morgan fingerprint density at radius 2 is 2.05 bits per heavy atom. The van der Waals surface area contributed by atoms with Gasteiger partial charge < -0.3 is 15.6 Å². The van der Waals surface area contributed by atoms with E-state index in [2.05, 4.69) is 15.5 Å². The van der Waals surface area contributed by atoms with E-state index in [1.165, 1.54) is 0 Å². The maximum absolute atomic E-state index is 11.7. The Balaban J connectivity index is 1.86. The van der Waals surface area contributed by atoms with Gasteiger partial charge in [-0.2, -0.15) is 4.98 Å². The van der Waals surface area contributed by atoms with Crippen molar-refractivity contribution >= 4 is 5.91 Å². The molecule has 112 valence electrons. The van der Waals surface area contributed by atoms with Gasteiger partial charge in [0.2, 0.25) is 11.8 Å². The van der Waals surface area contributed by atoms with Crippen LogP contribution >= 0.6 is 0 Å². The summed E-state index contributed by atoms with van der Waals surface area (Å²) >= 11 is 0. The third-order valence-electron chi connectivity index (χ3n) is 3.71. The van der Waals surface area contributed by atoms with Gasteiger partial charge >= 0.3 is 0 Å². The molecule has 0 spiro atoms. The maximum atomic E-state index is 11.7. The fourth-order valence-corrected chi connectivity index (χ4v) is 2.34. The summed E-state index contributed by atoms with van der Waals surface area (Å²) in [6, 6.07) is 0. The number of nitrogens with one attached hydrogen (secondary N) is 1. The van der Waals surface area contributed by atoms with Crippen LogP contribution in [0, 0.1) is 5.41 Å². The summed E-state index contributed by atoms with van der Waals surface area (Å²) in [4.78, 5) is 16.1. The topological polar surface area (TPSA) is 94.0 Å². The zero-order valence-corrected chi connectivity index (χ0v) is 12.5. The lowest BCUT2D eigenvalue weighted by atomic mass is 9.96. The van der Waals surface area contributed by atoms with Crippen molar-refractivity contribution in [3.05, 3.63) is 11.7 Å². The number of aromatic nitrogens is 2. The van der Waals surface area contributed by atoms with E-state index in [1.54, 1.807) is 0 Å². The normalized spacial score (nSPS) is 18.2. The molecule has 0 atom stereocenters. The SMILES string of the molecule is CC(C)(C)C(=O)NCCc1nc(C2(N)CCCC2)no1. The number of carbonyl (C=O) groups excluding carboxylic acids is 1. The number of nitrogens with two attached hydrogens (primary N) is 1. The predicted molar refractivity (Wildman–Crippen MR) is 74.8 cm³/mol. The number of nitrogens with zero attached hydrogens (tertiary/aromatic N) is 2. The van der Waals surface area contributed by atoms with Crippen LogP contribution in [0.1, 0.15) is 58.2 Å². The third kappa shape index (κ3) is 3.36. The zero-order chi connectivity index (χ0) is 14.8. The van der Waals surface area contributed by atoms with Crippen molar-refractivity contribution in [3.8, 4) is 0 Å². The van der Waals surface area contributed by atoms with Crippen molar-refractivity contribution in [1.29, 1.82) is 0 Å². The summed E-state index contributed by atoms with van der Waals surface area (Å²) in [6.07, 6.45) is 4.58. The van der Waals surface area contributed by atoms with Crippen LogP contribution in [0.15, 0.2) is 4.52 Å². The summed E-state index contributed by atoms with van der Waals surface area (Å²) in [5, 5.41) is 6.85. The molecule has 1 aliphatic carbocycles. The first-order valence-corrected chi connectivity index (χ1v) is 7.21. The molecule has 1 heterocycles. The molecule has 1 saturated carbocycles. The van der Waals surface area contributed by atoms with Crippen molar-refractivity contribution in [2.24, 2.45) is 11.1 Å². The third-order valence-corrected chi connectivity index (χ3v) is 3.71. The highest BCUT2D eigenvalue weighted by Crippen LogP contribution is 2.34. The number of hydrogen-bond donors (Lipinski definition) is 2. The molecule has 1 aliphatic rings. The number of hydrogen-bond acceptors (Lipinski definition) is 5. The van der Waals surface area contributed by atoms with Crippen molar-refractivity contribution < 1.29 is 9.32 Å². The van der Waals surface area contributed by atoms with Crippen molar-refractivity contribution in [2.45, 2.75) is 58.4 Å². The highest BCUT2D eigenvalue weighted by Gasteiger charge is 2.35. The highest BCUT2D eigenvalue weighted by atomic mass is 16.5. The molecule has 6 nitrogen and oxygen atoms in total. The van der Waals surface area contributed by atoms with Gasteiger partial charge in [0.05, 0.1) is 5.54 Å². The minimum atomic E-state index is -0.420. The number of amides is 1. The first kappa shape index (κ1) is 15.0. The molecule has 3 N–H and O–H groups in total. The van der Waals surface area contributed by atoms with E-state index >= 15 is 0 Å². The molecule has 0 saturated heterocycles. The van der Waals surface area contributed by atoms with Gasteiger partial charge in [0, 0.05) is 18.4 Å². The highest BCUT2D eigenvalue weighted by molar-refractivity contribution is 5.81. The van der Waals surface area contributed by atoms with E-state index in [0.717, 1.165) is 25.7 Å². The van der Waals surface area contributed by atoms with Gasteiger partial charge in [-0.25, -0.2) is 0 Å².